The molecule has 0 atom stereocenters. The van der Waals surface area contributed by atoms with Gasteiger partial charge in [-0.15, -0.1) is 4.91 Å². The first-order valence-electron chi connectivity index (χ1n) is 8.18. The van der Waals surface area contributed by atoms with Gasteiger partial charge >= 0.3 is 0 Å². The number of nitrogens with zero attached hydrogens (tertiary/aromatic N) is 3. The summed E-state index contributed by atoms with van der Waals surface area (Å²) in [7, 11) is 0. The second-order valence-corrected chi connectivity index (χ2v) is 8.56. The maximum atomic E-state index is 11.6. The van der Waals surface area contributed by atoms with Crippen molar-refractivity contribution in [1.29, 1.82) is 0 Å². The van der Waals surface area contributed by atoms with E-state index in [1.807, 2.05) is 22.7 Å². The summed E-state index contributed by atoms with van der Waals surface area (Å²) >= 11 is 3.48. The summed E-state index contributed by atoms with van der Waals surface area (Å²) in [5.41, 5.74) is 1.92. The smallest absolute Gasteiger partial charge is 0.205 e. The lowest BCUT2D eigenvalue weighted by molar-refractivity contribution is -0.00666. The van der Waals surface area contributed by atoms with Crippen LogP contribution in [0.25, 0.3) is 5.65 Å². The van der Waals surface area contributed by atoms with Gasteiger partial charge in [0.05, 0.1) is 5.69 Å². The van der Waals surface area contributed by atoms with Gasteiger partial charge in [0.15, 0.2) is 0 Å². The van der Waals surface area contributed by atoms with Crippen molar-refractivity contribution < 1.29 is 0 Å². The van der Waals surface area contributed by atoms with Crippen molar-refractivity contribution >= 4 is 27.4 Å². The van der Waals surface area contributed by atoms with E-state index in [0.717, 1.165) is 33.6 Å². The van der Waals surface area contributed by atoms with E-state index in [1.165, 1.54) is 38.5 Å². The van der Waals surface area contributed by atoms with Crippen LogP contribution in [0.5, 0.6) is 0 Å². The van der Waals surface area contributed by atoms with E-state index in [4.69, 9.17) is 4.98 Å². The monoisotopic (exact) mass is 359 g/mol. The van der Waals surface area contributed by atoms with Gasteiger partial charge in [-0.25, -0.2) is 4.98 Å². The molecule has 2 heterocycles. The Kier molecular flexibility index (Phi) is 2.65. The van der Waals surface area contributed by atoms with E-state index < -0.39 is 0 Å². The zero-order valence-corrected chi connectivity index (χ0v) is 13.9. The third-order valence-corrected chi connectivity index (χ3v) is 6.65. The maximum absolute atomic E-state index is 11.6. The van der Waals surface area contributed by atoms with Crippen LogP contribution in [0.1, 0.15) is 44.2 Å². The van der Waals surface area contributed by atoms with E-state index in [2.05, 4.69) is 21.1 Å². The summed E-state index contributed by atoms with van der Waals surface area (Å²) in [5.74, 6) is 3.03. The van der Waals surface area contributed by atoms with Crippen molar-refractivity contribution in [2.75, 3.05) is 0 Å². The predicted molar refractivity (Wildman–Crippen MR) is 88.2 cm³/mol. The summed E-state index contributed by atoms with van der Waals surface area (Å²) in [6.07, 6.45) is 9.68. The van der Waals surface area contributed by atoms with Crippen LogP contribution in [0.2, 0.25) is 0 Å². The van der Waals surface area contributed by atoms with E-state index in [1.54, 1.807) is 0 Å². The number of rotatable bonds is 2. The predicted octanol–water partition coefficient (Wildman–Crippen LogP) is 4.96. The second-order valence-electron chi connectivity index (χ2n) is 7.65. The lowest BCUT2D eigenvalue weighted by atomic mass is 9.49. The average Bonchev–Trinajstić information content (AvgIpc) is 2.84. The van der Waals surface area contributed by atoms with Gasteiger partial charge in [0, 0.05) is 16.1 Å². The van der Waals surface area contributed by atoms with Crippen molar-refractivity contribution in [3.05, 3.63) is 33.4 Å². The van der Waals surface area contributed by atoms with Crippen LogP contribution in [-0.2, 0) is 5.41 Å². The average molecular weight is 360 g/mol. The van der Waals surface area contributed by atoms with Crippen molar-refractivity contribution in [2.24, 2.45) is 22.9 Å². The molecule has 0 unspecified atom stereocenters. The lowest BCUT2D eigenvalue weighted by Crippen LogP contribution is -2.48. The second kappa shape index (κ2) is 4.40. The van der Waals surface area contributed by atoms with Crippen LogP contribution >= 0.6 is 15.9 Å². The molecule has 0 spiro atoms. The molecule has 0 radical (unpaired) electrons. The third kappa shape index (κ3) is 1.72. The Morgan fingerprint density at radius 3 is 2.36 bits per heavy atom. The van der Waals surface area contributed by atoms with Gasteiger partial charge in [-0.3, -0.25) is 4.40 Å². The SMILES string of the molecule is O=Nc1c(C23CC4CC(CC(C4)C2)C3)nc2ccc(Br)cn12. The van der Waals surface area contributed by atoms with Crippen LogP contribution in [0.4, 0.5) is 5.82 Å². The molecule has 114 valence electrons. The Balaban J connectivity index is 1.72. The molecule has 0 aromatic carbocycles. The standard InChI is InChI=1S/C17H18BrN3O/c18-13-1-2-14-19-15(16(20-22)21(14)9-13)17-6-10-3-11(7-17)5-12(4-10)8-17/h1-2,9-12H,3-8H2. The van der Waals surface area contributed by atoms with Crippen molar-refractivity contribution in [2.45, 2.75) is 43.9 Å². The Morgan fingerprint density at radius 2 is 1.77 bits per heavy atom. The van der Waals surface area contributed by atoms with Gasteiger partial charge in [-0.2, -0.15) is 0 Å². The van der Waals surface area contributed by atoms with Crippen molar-refractivity contribution in [3.8, 4) is 0 Å². The summed E-state index contributed by atoms with van der Waals surface area (Å²) in [5, 5.41) is 3.39. The maximum Gasteiger partial charge on any atom is 0.205 e. The van der Waals surface area contributed by atoms with E-state index >= 15 is 0 Å². The molecule has 22 heavy (non-hydrogen) atoms. The van der Waals surface area contributed by atoms with Gasteiger partial charge in [-0.1, -0.05) is 0 Å². The molecular formula is C17H18BrN3O. The van der Waals surface area contributed by atoms with Crippen LogP contribution < -0.4 is 0 Å². The first-order chi connectivity index (χ1) is 10.7. The molecule has 2 aromatic rings. The Bertz CT molecular complexity index is 746. The molecule has 0 N–H and O–H groups in total. The molecule has 4 aliphatic carbocycles. The number of pyridine rings is 1. The topological polar surface area (TPSA) is 46.7 Å². The Morgan fingerprint density at radius 1 is 1.14 bits per heavy atom. The molecule has 4 saturated carbocycles. The largest absolute Gasteiger partial charge is 0.280 e. The van der Waals surface area contributed by atoms with Crippen LogP contribution in [0.15, 0.2) is 28.0 Å². The van der Waals surface area contributed by atoms with E-state index in [-0.39, 0.29) is 5.41 Å². The quantitative estimate of drug-likeness (QED) is 0.711. The number of aromatic nitrogens is 2. The van der Waals surface area contributed by atoms with Crippen LogP contribution in [0.3, 0.4) is 0 Å². The summed E-state index contributed by atoms with van der Waals surface area (Å²) in [6, 6.07) is 3.93. The van der Waals surface area contributed by atoms with Gasteiger partial charge in [0.1, 0.15) is 5.65 Å². The van der Waals surface area contributed by atoms with Crippen LogP contribution in [-0.4, -0.2) is 9.38 Å². The van der Waals surface area contributed by atoms with Crippen molar-refractivity contribution in [3.63, 3.8) is 0 Å². The van der Waals surface area contributed by atoms with Crippen molar-refractivity contribution in [1.82, 2.24) is 9.38 Å². The normalized spacial score (nSPS) is 36.1. The van der Waals surface area contributed by atoms with E-state index in [9.17, 15) is 4.91 Å². The van der Waals surface area contributed by atoms with Crippen LogP contribution in [0, 0.1) is 22.7 Å². The number of halogens is 1. The van der Waals surface area contributed by atoms with Gasteiger partial charge < -0.3 is 0 Å². The zero-order valence-electron chi connectivity index (χ0n) is 12.3. The number of fused-ring (bicyclic) bond motifs is 1. The minimum Gasteiger partial charge on any atom is -0.280 e. The molecule has 2 aromatic heterocycles. The van der Waals surface area contributed by atoms with E-state index in [0.29, 0.717) is 5.82 Å². The fraction of sp³-hybridized carbons (Fsp3) is 0.588. The highest BCUT2D eigenvalue weighted by Crippen LogP contribution is 2.61. The molecule has 4 bridgehead atoms. The fourth-order valence-corrected chi connectivity index (χ4v) is 6.19. The highest BCUT2D eigenvalue weighted by atomic mass is 79.9. The molecule has 4 fully saturated rings. The number of imidazole rings is 1. The third-order valence-electron chi connectivity index (χ3n) is 6.18. The lowest BCUT2D eigenvalue weighted by Gasteiger charge is -2.56. The summed E-state index contributed by atoms with van der Waals surface area (Å²) in [6.45, 7) is 0. The molecule has 4 aliphatic rings. The molecule has 0 amide bonds. The first-order valence-corrected chi connectivity index (χ1v) is 8.98. The minimum atomic E-state index is 0.108. The Labute approximate surface area is 137 Å². The molecule has 5 heteroatoms. The molecule has 6 rings (SSSR count). The van der Waals surface area contributed by atoms with Gasteiger partial charge in [0.25, 0.3) is 0 Å². The zero-order chi connectivity index (χ0) is 14.9. The summed E-state index contributed by atoms with van der Waals surface area (Å²) < 4.78 is 2.80. The Hall–Kier alpha value is -1.23. The molecular weight excluding hydrogens is 342 g/mol. The van der Waals surface area contributed by atoms with Gasteiger partial charge in [-0.05, 0) is 89.5 Å². The highest BCUT2D eigenvalue weighted by Gasteiger charge is 2.53. The summed E-state index contributed by atoms with van der Waals surface area (Å²) in [4.78, 5) is 16.4. The minimum absolute atomic E-state index is 0.108. The highest BCUT2D eigenvalue weighted by molar-refractivity contribution is 9.10. The van der Waals surface area contributed by atoms with Gasteiger partial charge in [0.2, 0.25) is 5.82 Å². The number of hydrogen-bond acceptors (Lipinski definition) is 3. The molecule has 0 aliphatic heterocycles. The fourth-order valence-electron chi connectivity index (χ4n) is 5.85. The number of nitroso groups, excluding NO2 is 1. The molecule has 4 nitrogen and oxygen atoms in total. The first kappa shape index (κ1) is 13.2. The molecule has 0 saturated heterocycles. The number of hydrogen-bond donors (Lipinski definition) is 0.